The van der Waals surface area contributed by atoms with Crippen LogP contribution in [0.5, 0.6) is 0 Å². The lowest BCUT2D eigenvalue weighted by Crippen LogP contribution is -2.52. The molecule has 0 amide bonds. The van der Waals surface area contributed by atoms with E-state index in [4.69, 9.17) is 5.11 Å². The molecular weight excluding hydrogens is 192 g/mol. The molecule has 0 bridgehead atoms. The number of hydrogen-bond acceptors (Lipinski definition) is 3. The molecule has 1 aromatic rings. The van der Waals surface area contributed by atoms with Crippen molar-refractivity contribution in [1.82, 2.24) is 4.90 Å². The normalized spacial score (nSPS) is 17.1. The smallest absolute Gasteiger partial charge is 0.337 e. The lowest BCUT2D eigenvalue weighted by molar-refractivity contribution is 0.0697. The van der Waals surface area contributed by atoms with Gasteiger partial charge in [-0.05, 0) is 19.2 Å². The summed E-state index contributed by atoms with van der Waals surface area (Å²) in [4.78, 5) is 13.1. The third-order valence-corrected chi connectivity index (χ3v) is 2.58. The van der Waals surface area contributed by atoms with Crippen molar-refractivity contribution < 1.29 is 9.90 Å². The van der Waals surface area contributed by atoms with Gasteiger partial charge in [-0.1, -0.05) is 12.1 Å². The molecule has 0 unspecified atom stereocenters. The van der Waals surface area contributed by atoms with Crippen LogP contribution in [-0.4, -0.2) is 42.2 Å². The molecule has 1 aliphatic rings. The Morgan fingerprint density at radius 2 is 2.13 bits per heavy atom. The highest BCUT2D eigenvalue weighted by atomic mass is 16.4. The summed E-state index contributed by atoms with van der Waals surface area (Å²) in [6, 6.07) is 7.38. The molecular formula is C11H14N2O2. The van der Waals surface area contributed by atoms with Crippen LogP contribution in [0.1, 0.15) is 10.4 Å². The lowest BCUT2D eigenvalue weighted by Gasteiger charge is -2.37. The van der Waals surface area contributed by atoms with Crippen molar-refractivity contribution >= 4 is 11.7 Å². The maximum absolute atomic E-state index is 10.9. The third-order valence-electron chi connectivity index (χ3n) is 2.58. The van der Waals surface area contributed by atoms with Crippen LogP contribution in [0.15, 0.2) is 24.3 Å². The number of benzene rings is 1. The first-order chi connectivity index (χ1) is 7.16. The van der Waals surface area contributed by atoms with E-state index >= 15 is 0 Å². The van der Waals surface area contributed by atoms with Crippen molar-refractivity contribution in [1.29, 1.82) is 0 Å². The molecule has 80 valence electrons. The second kappa shape index (κ2) is 3.90. The topological polar surface area (TPSA) is 52.6 Å². The molecule has 0 radical (unpaired) electrons. The van der Waals surface area contributed by atoms with E-state index in [2.05, 4.69) is 10.2 Å². The Hall–Kier alpha value is -1.55. The summed E-state index contributed by atoms with van der Waals surface area (Å²) >= 11 is 0. The van der Waals surface area contributed by atoms with E-state index < -0.39 is 5.97 Å². The molecule has 0 atom stereocenters. The number of likely N-dealkylation sites (tertiary alicyclic amines) is 1. The Morgan fingerprint density at radius 1 is 1.47 bits per heavy atom. The molecule has 0 aromatic heterocycles. The fourth-order valence-corrected chi connectivity index (χ4v) is 1.81. The zero-order valence-electron chi connectivity index (χ0n) is 8.60. The van der Waals surface area contributed by atoms with Gasteiger partial charge in [0.15, 0.2) is 0 Å². The van der Waals surface area contributed by atoms with Gasteiger partial charge in [0.2, 0.25) is 0 Å². The molecule has 1 heterocycles. The number of carboxylic acids is 1. The highest BCUT2D eigenvalue weighted by molar-refractivity contribution is 5.94. The zero-order valence-corrected chi connectivity index (χ0v) is 8.60. The Kier molecular flexibility index (Phi) is 2.60. The van der Waals surface area contributed by atoms with Crippen LogP contribution in [-0.2, 0) is 0 Å². The minimum atomic E-state index is -0.884. The summed E-state index contributed by atoms with van der Waals surface area (Å²) in [5.74, 6) is -0.884. The summed E-state index contributed by atoms with van der Waals surface area (Å²) in [5, 5.41) is 12.2. The van der Waals surface area contributed by atoms with Gasteiger partial charge in [-0.25, -0.2) is 4.79 Å². The van der Waals surface area contributed by atoms with Crippen LogP contribution in [0, 0.1) is 0 Å². The molecule has 2 rings (SSSR count). The van der Waals surface area contributed by atoms with Crippen molar-refractivity contribution in [2.75, 3.05) is 25.5 Å². The molecule has 4 nitrogen and oxygen atoms in total. The van der Waals surface area contributed by atoms with E-state index in [-0.39, 0.29) is 0 Å². The Labute approximate surface area is 88.5 Å². The van der Waals surface area contributed by atoms with Crippen LogP contribution < -0.4 is 5.32 Å². The highest BCUT2D eigenvalue weighted by Crippen LogP contribution is 2.18. The summed E-state index contributed by atoms with van der Waals surface area (Å²) in [5.41, 5.74) is 1.05. The molecule has 15 heavy (non-hydrogen) atoms. The van der Waals surface area contributed by atoms with Crippen molar-refractivity contribution in [3.63, 3.8) is 0 Å². The molecule has 4 heteroatoms. The fourth-order valence-electron chi connectivity index (χ4n) is 1.81. The first kappa shape index (κ1) is 9.98. The first-order valence-corrected chi connectivity index (χ1v) is 4.94. The number of aromatic carboxylic acids is 1. The van der Waals surface area contributed by atoms with Crippen molar-refractivity contribution in [3.05, 3.63) is 29.8 Å². The molecule has 1 aromatic carbocycles. The number of carbonyl (C=O) groups is 1. The van der Waals surface area contributed by atoms with Crippen LogP contribution in [0.2, 0.25) is 0 Å². The molecule has 0 saturated carbocycles. The number of nitrogens with zero attached hydrogens (tertiary/aromatic N) is 1. The fraction of sp³-hybridized carbons (Fsp3) is 0.364. The van der Waals surface area contributed by atoms with Gasteiger partial charge in [-0.15, -0.1) is 0 Å². The van der Waals surface area contributed by atoms with E-state index in [1.54, 1.807) is 12.1 Å². The first-order valence-electron chi connectivity index (χ1n) is 4.94. The largest absolute Gasteiger partial charge is 0.478 e. The average Bonchev–Trinajstić information content (AvgIpc) is 2.16. The Morgan fingerprint density at radius 3 is 2.73 bits per heavy atom. The van der Waals surface area contributed by atoms with Gasteiger partial charge in [0.1, 0.15) is 0 Å². The third kappa shape index (κ3) is 2.10. The molecule has 0 spiro atoms. The Bertz CT molecular complexity index is 373. The number of para-hydroxylation sites is 1. The van der Waals surface area contributed by atoms with Crippen molar-refractivity contribution in [3.8, 4) is 0 Å². The maximum Gasteiger partial charge on any atom is 0.337 e. The number of anilines is 1. The zero-order chi connectivity index (χ0) is 10.8. The standard InChI is InChI=1S/C11H14N2O2/c1-13-6-8(7-13)12-10-5-3-2-4-9(10)11(14)15/h2-5,8,12H,6-7H2,1H3,(H,14,15). The summed E-state index contributed by atoms with van der Waals surface area (Å²) in [6.45, 7) is 1.93. The second-order valence-electron chi connectivity index (χ2n) is 3.91. The van der Waals surface area contributed by atoms with Gasteiger partial charge >= 0.3 is 5.97 Å². The van der Waals surface area contributed by atoms with Crippen molar-refractivity contribution in [2.45, 2.75) is 6.04 Å². The quantitative estimate of drug-likeness (QED) is 0.778. The maximum atomic E-state index is 10.9. The van der Waals surface area contributed by atoms with E-state index in [9.17, 15) is 4.79 Å². The minimum Gasteiger partial charge on any atom is -0.478 e. The molecule has 1 aliphatic heterocycles. The van der Waals surface area contributed by atoms with Gasteiger partial charge in [-0.2, -0.15) is 0 Å². The number of likely N-dealkylation sites (N-methyl/N-ethyl adjacent to an activating group) is 1. The van der Waals surface area contributed by atoms with E-state index in [0.717, 1.165) is 13.1 Å². The Balaban J connectivity index is 2.10. The monoisotopic (exact) mass is 206 g/mol. The summed E-state index contributed by atoms with van der Waals surface area (Å²) in [6.07, 6.45) is 0. The minimum absolute atomic E-state index is 0.340. The van der Waals surface area contributed by atoms with Gasteiger partial charge in [0.05, 0.1) is 11.6 Å². The molecule has 1 saturated heterocycles. The lowest BCUT2D eigenvalue weighted by atomic mass is 10.1. The number of carboxylic acid groups (broad SMARTS) is 1. The van der Waals surface area contributed by atoms with E-state index in [1.165, 1.54) is 0 Å². The van der Waals surface area contributed by atoms with Crippen LogP contribution in [0.3, 0.4) is 0 Å². The van der Waals surface area contributed by atoms with Crippen LogP contribution in [0.25, 0.3) is 0 Å². The van der Waals surface area contributed by atoms with Gasteiger partial charge in [0.25, 0.3) is 0 Å². The van der Waals surface area contributed by atoms with Crippen LogP contribution in [0.4, 0.5) is 5.69 Å². The summed E-state index contributed by atoms with van der Waals surface area (Å²) in [7, 11) is 2.04. The van der Waals surface area contributed by atoms with Gasteiger partial charge in [-0.3, -0.25) is 0 Å². The second-order valence-corrected chi connectivity index (χ2v) is 3.91. The molecule has 2 N–H and O–H groups in total. The summed E-state index contributed by atoms with van der Waals surface area (Å²) < 4.78 is 0. The van der Waals surface area contributed by atoms with E-state index in [0.29, 0.717) is 17.3 Å². The highest BCUT2D eigenvalue weighted by Gasteiger charge is 2.23. The molecule has 1 fully saturated rings. The molecule has 0 aliphatic carbocycles. The predicted octanol–water partition coefficient (Wildman–Crippen LogP) is 1.11. The number of nitrogens with one attached hydrogen (secondary N) is 1. The average molecular weight is 206 g/mol. The van der Waals surface area contributed by atoms with Gasteiger partial charge < -0.3 is 15.3 Å². The predicted molar refractivity (Wildman–Crippen MR) is 58.3 cm³/mol. The number of hydrogen-bond donors (Lipinski definition) is 2. The van der Waals surface area contributed by atoms with Crippen molar-refractivity contribution in [2.24, 2.45) is 0 Å². The number of rotatable bonds is 3. The van der Waals surface area contributed by atoms with Gasteiger partial charge in [0, 0.05) is 18.8 Å². The SMILES string of the molecule is CN1CC(Nc2ccccc2C(=O)O)C1. The van der Waals surface area contributed by atoms with Crippen LogP contribution >= 0.6 is 0 Å². The van der Waals surface area contributed by atoms with E-state index in [1.807, 2.05) is 19.2 Å².